The van der Waals surface area contributed by atoms with E-state index in [1.54, 1.807) is 26.4 Å². The van der Waals surface area contributed by atoms with Gasteiger partial charge in [-0.2, -0.15) is 0 Å². The molecule has 2 saturated heterocycles. The van der Waals surface area contributed by atoms with Gasteiger partial charge < -0.3 is 19.6 Å². The molecule has 0 amide bonds. The van der Waals surface area contributed by atoms with Crippen LogP contribution in [0.3, 0.4) is 0 Å². The number of carboxylic acid groups (broad SMARTS) is 1. The Kier molecular flexibility index (Phi) is 5.22. The molecule has 2 bridgehead atoms. The molecule has 2 N–H and O–H groups in total. The first kappa shape index (κ1) is 21.0. The minimum atomic E-state index is -0.896. The Balaban J connectivity index is 1.60. The number of aryl methyl sites for hydroxylation is 1. The highest BCUT2D eigenvalue weighted by molar-refractivity contribution is 5.88. The van der Waals surface area contributed by atoms with Crippen LogP contribution in [0.2, 0.25) is 0 Å². The number of aromatic carboxylic acids is 1. The fraction of sp³-hybridized carbons (Fsp3) is 0.423. The number of piperidine rings is 1. The number of rotatable bonds is 6. The zero-order valence-electron chi connectivity index (χ0n) is 18.9. The minimum Gasteiger partial charge on any atom is -0.496 e. The number of fused-ring (bicyclic) bond motifs is 3. The Morgan fingerprint density at radius 3 is 2.72 bits per heavy atom. The molecule has 5 rings (SSSR count). The van der Waals surface area contributed by atoms with E-state index in [4.69, 9.17) is 9.47 Å². The number of benzene rings is 2. The van der Waals surface area contributed by atoms with Gasteiger partial charge in [-0.15, -0.1) is 0 Å². The summed E-state index contributed by atoms with van der Waals surface area (Å²) in [5.41, 5.74) is 4.83. The van der Waals surface area contributed by atoms with Crippen LogP contribution in [0.1, 0.15) is 52.7 Å². The molecule has 0 spiro atoms. The Morgan fingerprint density at radius 1 is 1.25 bits per heavy atom. The Morgan fingerprint density at radius 2 is 2.03 bits per heavy atom. The molecule has 0 aliphatic carbocycles. The van der Waals surface area contributed by atoms with E-state index >= 15 is 0 Å². The molecule has 3 heterocycles. The molecular formula is C26H30N2O4. The van der Waals surface area contributed by atoms with Crippen molar-refractivity contribution in [2.24, 2.45) is 0 Å². The lowest BCUT2D eigenvalue weighted by Gasteiger charge is -2.48. The van der Waals surface area contributed by atoms with Crippen molar-refractivity contribution in [1.82, 2.24) is 9.88 Å². The summed E-state index contributed by atoms with van der Waals surface area (Å²) < 4.78 is 11.7. The van der Waals surface area contributed by atoms with Crippen molar-refractivity contribution < 1.29 is 19.4 Å². The average Bonchev–Trinajstić information content (AvgIpc) is 3.37. The van der Waals surface area contributed by atoms with Gasteiger partial charge in [0.25, 0.3) is 0 Å². The summed E-state index contributed by atoms with van der Waals surface area (Å²) in [4.78, 5) is 17.4. The van der Waals surface area contributed by atoms with Crippen LogP contribution in [0.5, 0.6) is 5.75 Å². The van der Waals surface area contributed by atoms with Crippen LogP contribution in [0, 0.1) is 6.92 Å². The predicted molar refractivity (Wildman–Crippen MR) is 123 cm³/mol. The van der Waals surface area contributed by atoms with E-state index < -0.39 is 5.97 Å². The van der Waals surface area contributed by atoms with Crippen LogP contribution in [0.15, 0.2) is 42.6 Å². The van der Waals surface area contributed by atoms with E-state index in [-0.39, 0.29) is 11.6 Å². The molecule has 6 nitrogen and oxygen atoms in total. The number of nitrogens with zero attached hydrogens (tertiary/aromatic N) is 1. The smallest absolute Gasteiger partial charge is 0.335 e. The summed E-state index contributed by atoms with van der Waals surface area (Å²) in [5, 5.41) is 10.6. The summed E-state index contributed by atoms with van der Waals surface area (Å²) in [6, 6.07) is 12.1. The quantitative estimate of drug-likeness (QED) is 0.580. The van der Waals surface area contributed by atoms with E-state index in [2.05, 4.69) is 28.9 Å². The van der Waals surface area contributed by atoms with Crippen LogP contribution in [-0.4, -0.2) is 47.3 Å². The van der Waals surface area contributed by atoms with Crippen molar-refractivity contribution in [3.8, 4) is 5.75 Å². The van der Waals surface area contributed by atoms with Gasteiger partial charge in [-0.3, -0.25) is 4.90 Å². The molecule has 0 saturated carbocycles. The number of carboxylic acids is 1. The first-order chi connectivity index (χ1) is 15.5. The number of methoxy groups -OCH3 is 2. The number of hydrogen-bond acceptors (Lipinski definition) is 4. The standard InChI is InChI=1S/C26H30N2O4/c1-16-12-23(32-3)22(21-9-11-27-24(16)21)15-28-19-8-10-26(28,14-20(13-19)31-2)18-6-4-17(5-7-18)25(29)30/h4-7,9,11-12,19-20,27H,8,10,13-15H2,1-3H3,(H,29,30)/t19-,20-,26-/m1/s1. The van der Waals surface area contributed by atoms with Gasteiger partial charge in [0.1, 0.15) is 5.75 Å². The number of carbonyl (C=O) groups is 1. The highest BCUT2D eigenvalue weighted by Crippen LogP contribution is 2.52. The number of nitrogens with one attached hydrogen (secondary N) is 1. The Hall–Kier alpha value is -2.83. The number of H-pyrrole nitrogens is 1. The summed E-state index contributed by atoms with van der Waals surface area (Å²) in [5.74, 6) is 0.0205. The lowest BCUT2D eigenvalue weighted by atomic mass is 9.79. The second kappa shape index (κ2) is 7.94. The largest absolute Gasteiger partial charge is 0.496 e. The molecule has 3 aromatic rings. The van der Waals surface area contributed by atoms with E-state index in [1.165, 1.54) is 22.1 Å². The molecule has 2 aromatic carbocycles. The molecule has 2 aliphatic heterocycles. The third kappa shape index (κ3) is 3.21. The molecule has 0 unspecified atom stereocenters. The lowest BCUT2D eigenvalue weighted by Crippen LogP contribution is -2.52. The highest BCUT2D eigenvalue weighted by Gasteiger charge is 2.52. The van der Waals surface area contributed by atoms with Crippen molar-refractivity contribution in [2.75, 3.05) is 14.2 Å². The first-order valence-corrected chi connectivity index (χ1v) is 11.2. The number of aromatic amines is 1. The molecule has 2 fully saturated rings. The molecule has 3 atom stereocenters. The molecule has 1 aromatic heterocycles. The van der Waals surface area contributed by atoms with E-state index in [9.17, 15) is 9.90 Å². The van der Waals surface area contributed by atoms with Crippen LogP contribution in [0.25, 0.3) is 10.9 Å². The minimum absolute atomic E-state index is 0.181. The van der Waals surface area contributed by atoms with E-state index in [0.717, 1.165) is 43.5 Å². The molecule has 2 aliphatic rings. The monoisotopic (exact) mass is 434 g/mol. The predicted octanol–water partition coefficient (Wildman–Crippen LogP) is 4.85. The Bertz CT molecular complexity index is 1150. The first-order valence-electron chi connectivity index (χ1n) is 11.2. The number of ether oxygens (including phenoxy) is 2. The van der Waals surface area contributed by atoms with Crippen molar-refractivity contribution in [3.05, 3.63) is 64.8 Å². The van der Waals surface area contributed by atoms with Crippen LogP contribution in [-0.2, 0) is 16.8 Å². The van der Waals surface area contributed by atoms with Crippen molar-refractivity contribution in [1.29, 1.82) is 0 Å². The normalized spacial score (nSPS) is 25.3. The van der Waals surface area contributed by atoms with Crippen LogP contribution in [0.4, 0.5) is 0 Å². The topological polar surface area (TPSA) is 74.8 Å². The summed E-state index contributed by atoms with van der Waals surface area (Å²) in [7, 11) is 3.54. The maximum Gasteiger partial charge on any atom is 0.335 e. The molecule has 0 radical (unpaired) electrons. The summed E-state index contributed by atoms with van der Waals surface area (Å²) >= 11 is 0. The lowest BCUT2D eigenvalue weighted by molar-refractivity contribution is -0.0460. The fourth-order valence-electron chi connectivity index (χ4n) is 6.04. The molecule has 168 valence electrons. The van der Waals surface area contributed by atoms with E-state index in [0.29, 0.717) is 11.6 Å². The third-order valence-electron chi connectivity index (χ3n) is 7.64. The van der Waals surface area contributed by atoms with Crippen LogP contribution < -0.4 is 4.74 Å². The second-order valence-electron chi connectivity index (χ2n) is 9.17. The van der Waals surface area contributed by atoms with Gasteiger partial charge in [0, 0.05) is 47.9 Å². The summed E-state index contributed by atoms with van der Waals surface area (Å²) in [6.07, 6.45) is 6.24. The van der Waals surface area contributed by atoms with E-state index in [1.807, 2.05) is 18.3 Å². The van der Waals surface area contributed by atoms with Gasteiger partial charge >= 0.3 is 5.97 Å². The van der Waals surface area contributed by atoms with Gasteiger partial charge in [0.05, 0.1) is 18.8 Å². The highest BCUT2D eigenvalue weighted by atomic mass is 16.5. The van der Waals surface area contributed by atoms with Gasteiger partial charge in [0.2, 0.25) is 0 Å². The van der Waals surface area contributed by atoms with Gasteiger partial charge in [-0.25, -0.2) is 4.79 Å². The van der Waals surface area contributed by atoms with Gasteiger partial charge in [-0.1, -0.05) is 12.1 Å². The second-order valence-corrected chi connectivity index (χ2v) is 9.17. The fourth-order valence-corrected chi connectivity index (χ4v) is 6.04. The van der Waals surface area contributed by atoms with Crippen molar-refractivity contribution in [2.45, 2.75) is 56.8 Å². The molecular weight excluding hydrogens is 404 g/mol. The van der Waals surface area contributed by atoms with Crippen molar-refractivity contribution in [3.63, 3.8) is 0 Å². The number of hydrogen-bond donors (Lipinski definition) is 2. The number of aromatic nitrogens is 1. The van der Waals surface area contributed by atoms with Crippen LogP contribution >= 0.6 is 0 Å². The summed E-state index contributed by atoms with van der Waals surface area (Å²) in [6.45, 7) is 2.88. The average molecular weight is 435 g/mol. The SMILES string of the molecule is COc1cc(C)c2[nH]ccc2c1CN1[C@@H]2CC[C@]1(c1ccc(C(=O)O)cc1)C[C@H](OC)C2. The maximum atomic E-state index is 11.4. The zero-order chi connectivity index (χ0) is 22.5. The molecule has 32 heavy (non-hydrogen) atoms. The van der Waals surface area contributed by atoms with Crippen molar-refractivity contribution >= 4 is 16.9 Å². The molecule has 6 heteroatoms. The zero-order valence-corrected chi connectivity index (χ0v) is 18.9. The maximum absolute atomic E-state index is 11.4. The van der Waals surface area contributed by atoms with Gasteiger partial charge in [0.15, 0.2) is 0 Å². The third-order valence-corrected chi connectivity index (χ3v) is 7.64. The Labute approximate surface area is 188 Å². The van der Waals surface area contributed by atoms with Gasteiger partial charge in [-0.05, 0) is 68.0 Å².